The second-order valence-corrected chi connectivity index (χ2v) is 5.00. The lowest BCUT2D eigenvalue weighted by Crippen LogP contribution is -2.24. The lowest BCUT2D eigenvalue weighted by Gasteiger charge is -2.18. The van der Waals surface area contributed by atoms with E-state index in [1.54, 1.807) is 6.92 Å². The quantitative estimate of drug-likeness (QED) is 0.857. The molecule has 1 heterocycles. The van der Waals surface area contributed by atoms with Crippen molar-refractivity contribution >= 4 is 0 Å². The first-order chi connectivity index (χ1) is 9.04. The fourth-order valence-corrected chi connectivity index (χ4v) is 2.24. The molecule has 0 fully saturated rings. The Labute approximate surface area is 114 Å². The third kappa shape index (κ3) is 3.60. The van der Waals surface area contributed by atoms with Crippen molar-refractivity contribution in [1.82, 2.24) is 4.57 Å². The lowest BCUT2D eigenvalue weighted by molar-refractivity contribution is 0.339. The lowest BCUT2D eigenvalue weighted by atomic mass is 9.99. The van der Waals surface area contributed by atoms with Crippen LogP contribution in [0.25, 0.3) is 0 Å². The van der Waals surface area contributed by atoms with Crippen LogP contribution in [-0.2, 0) is 6.54 Å². The molecule has 104 valence electrons. The molecule has 0 aliphatic rings. The summed E-state index contributed by atoms with van der Waals surface area (Å²) in [6, 6.07) is 3.38. The zero-order valence-electron chi connectivity index (χ0n) is 11.9. The van der Waals surface area contributed by atoms with Gasteiger partial charge in [0.2, 0.25) is 5.88 Å². The van der Waals surface area contributed by atoms with E-state index in [-0.39, 0.29) is 17.0 Å². The highest BCUT2D eigenvalue weighted by atomic mass is 16.3. The topological polar surface area (TPSA) is 66.0 Å². The number of hydrogen-bond acceptors (Lipinski definition) is 3. The fourth-order valence-electron chi connectivity index (χ4n) is 2.24. The van der Waals surface area contributed by atoms with Gasteiger partial charge in [-0.1, -0.05) is 33.1 Å². The van der Waals surface area contributed by atoms with E-state index in [2.05, 4.69) is 13.8 Å². The maximum Gasteiger partial charge on any atom is 0.253 e. The summed E-state index contributed by atoms with van der Waals surface area (Å²) in [6.45, 7) is 6.37. The summed E-state index contributed by atoms with van der Waals surface area (Å²) in [4.78, 5) is 11.9. The Hall–Kier alpha value is -1.76. The Morgan fingerprint density at radius 2 is 2.16 bits per heavy atom. The van der Waals surface area contributed by atoms with Gasteiger partial charge >= 0.3 is 0 Å². The van der Waals surface area contributed by atoms with Gasteiger partial charge in [-0.05, 0) is 24.8 Å². The SMILES string of the molecule is CCCC[C@@H](CC)Cn1c(O)c(C#N)c(C)cc1=O. The summed E-state index contributed by atoms with van der Waals surface area (Å²) in [7, 11) is 0. The molecule has 0 bridgehead atoms. The van der Waals surface area contributed by atoms with Crippen molar-refractivity contribution in [3.63, 3.8) is 0 Å². The highest BCUT2D eigenvalue weighted by Gasteiger charge is 2.15. The molecule has 4 nitrogen and oxygen atoms in total. The normalized spacial score (nSPS) is 12.1. The third-order valence-corrected chi connectivity index (χ3v) is 3.58. The fraction of sp³-hybridized carbons (Fsp3) is 0.600. The first-order valence-electron chi connectivity index (χ1n) is 6.88. The zero-order valence-corrected chi connectivity index (χ0v) is 11.9. The highest BCUT2D eigenvalue weighted by Crippen LogP contribution is 2.21. The van der Waals surface area contributed by atoms with Gasteiger partial charge in [-0.15, -0.1) is 0 Å². The molecule has 0 saturated carbocycles. The number of pyridine rings is 1. The summed E-state index contributed by atoms with van der Waals surface area (Å²) in [5.74, 6) is 0.167. The minimum atomic E-state index is -0.232. The van der Waals surface area contributed by atoms with Gasteiger partial charge in [-0.2, -0.15) is 5.26 Å². The molecular formula is C15H22N2O2. The van der Waals surface area contributed by atoms with Crippen LogP contribution in [0.4, 0.5) is 0 Å². The van der Waals surface area contributed by atoms with Gasteiger partial charge in [-0.25, -0.2) is 0 Å². The van der Waals surface area contributed by atoms with Crippen LogP contribution in [0.3, 0.4) is 0 Å². The van der Waals surface area contributed by atoms with Crippen LogP contribution in [0.5, 0.6) is 5.88 Å². The number of unbranched alkanes of at least 4 members (excludes halogenated alkanes) is 1. The number of aromatic hydroxyl groups is 1. The van der Waals surface area contributed by atoms with Crippen molar-refractivity contribution in [2.45, 2.75) is 53.0 Å². The van der Waals surface area contributed by atoms with Gasteiger partial charge in [0.25, 0.3) is 5.56 Å². The van der Waals surface area contributed by atoms with Crippen LogP contribution in [0.15, 0.2) is 10.9 Å². The molecule has 0 radical (unpaired) electrons. The Bertz CT molecular complexity index is 526. The van der Waals surface area contributed by atoms with Gasteiger partial charge in [0.05, 0.1) is 0 Å². The predicted molar refractivity (Wildman–Crippen MR) is 75.1 cm³/mol. The van der Waals surface area contributed by atoms with E-state index in [1.807, 2.05) is 6.07 Å². The van der Waals surface area contributed by atoms with Crippen LogP contribution in [0.2, 0.25) is 0 Å². The largest absolute Gasteiger partial charge is 0.493 e. The standard InChI is InChI=1S/C15H22N2O2/c1-4-6-7-12(5-2)10-17-14(18)8-11(3)13(9-16)15(17)19/h8,12,19H,4-7,10H2,1-3H3/t12-/m1/s1. The molecule has 1 atom stereocenters. The maximum atomic E-state index is 11.9. The van der Waals surface area contributed by atoms with E-state index in [0.29, 0.717) is 18.0 Å². The predicted octanol–water partition coefficient (Wildman–Crippen LogP) is 2.95. The van der Waals surface area contributed by atoms with Crippen molar-refractivity contribution in [2.24, 2.45) is 5.92 Å². The molecule has 4 heteroatoms. The molecule has 0 unspecified atom stereocenters. The number of aromatic nitrogens is 1. The van der Waals surface area contributed by atoms with Gasteiger partial charge in [-0.3, -0.25) is 9.36 Å². The van der Waals surface area contributed by atoms with E-state index < -0.39 is 0 Å². The maximum absolute atomic E-state index is 11.9. The van der Waals surface area contributed by atoms with Gasteiger partial charge in [0.15, 0.2) is 0 Å². The first-order valence-corrected chi connectivity index (χ1v) is 6.88. The smallest absolute Gasteiger partial charge is 0.253 e. The minimum Gasteiger partial charge on any atom is -0.493 e. The molecule has 1 rings (SSSR count). The van der Waals surface area contributed by atoms with E-state index in [1.165, 1.54) is 10.6 Å². The molecule has 1 aromatic heterocycles. The zero-order chi connectivity index (χ0) is 14.4. The number of aryl methyl sites for hydroxylation is 1. The number of hydrogen-bond donors (Lipinski definition) is 1. The molecule has 1 aromatic rings. The molecule has 0 spiro atoms. The minimum absolute atomic E-state index is 0.192. The molecule has 0 aliphatic heterocycles. The van der Waals surface area contributed by atoms with Gasteiger partial charge in [0, 0.05) is 12.6 Å². The number of rotatable bonds is 6. The second-order valence-electron chi connectivity index (χ2n) is 5.00. The van der Waals surface area contributed by atoms with Crippen LogP contribution < -0.4 is 5.56 Å². The average Bonchev–Trinajstić information content (AvgIpc) is 2.38. The summed E-state index contributed by atoms with van der Waals surface area (Å²) >= 11 is 0. The van der Waals surface area contributed by atoms with Crippen molar-refractivity contribution in [1.29, 1.82) is 5.26 Å². The van der Waals surface area contributed by atoms with Crippen LogP contribution >= 0.6 is 0 Å². The Morgan fingerprint density at radius 1 is 1.47 bits per heavy atom. The Balaban J connectivity index is 3.07. The Kier molecular flexibility index (Phi) is 5.62. The highest BCUT2D eigenvalue weighted by molar-refractivity contribution is 5.43. The average molecular weight is 262 g/mol. The molecule has 1 N–H and O–H groups in total. The van der Waals surface area contributed by atoms with E-state index in [0.717, 1.165) is 25.7 Å². The molecule has 0 amide bonds. The van der Waals surface area contributed by atoms with E-state index >= 15 is 0 Å². The van der Waals surface area contributed by atoms with E-state index in [4.69, 9.17) is 5.26 Å². The second kappa shape index (κ2) is 6.98. The third-order valence-electron chi connectivity index (χ3n) is 3.58. The van der Waals surface area contributed by atoms with Gasteiger partial charge in [0.1, 0.15) is 11.6 Å². The van der Waals surface area contributed by atoms with Gasteiger partial charge < -0.3 is 5.11 Å². The molecular weight excluding hydrogens is 240 g/mol. The summed E-state index contributed by atoms with van der Waals surface area (Å²) in [5, 5.41) is 19.1. The van der Waals surface area contributed by atoms with Crippen molar-refractivity contribution in [2.75, 3.05) is 0 Å². The molecule has 0 saturated heterocycles. The van der Waals surface area contributed by atoms with Crippen LogP contribution in [0.1, 0.15) is 50.7 Å². The number of nitrogens with zero attached hydrogens (tertiary/aromatic N) is 2. The van der Waals surface area contributed by atoms with Crippen molar-refractivity contribution < 1.29 is 5.11 Å². The summed E-state index contributed by atoms with van der Waals surface area (Å²) in [6.07, 6.45) is 4.23. The first kappa shape index (κ1) is 15.3. The number of nitriles is 1. The monoisotopic (exact) mass is 262 g/mol. The molecule has 19 heavy (non-hydrogen) atoms. The van der Waals surface area contributed by atoms with Crippen LogP contribution in [-0.4, -0.2) is 9.67 Å². The Morgan fingerprint density at radius 3 is 2.68 bits per heavy atom. The molecule has 0 aromatic carbocycles. The summed E-state index contributed by atoms with van der Waals surface area (Å²) in [5.41, 5.74) is 0.497. The van der Waals surface area contributed by atoms with Crippen LogP contribution in [0, 0.1) is 24.2 Å². The van der Waals surface area contributed by atoms with E-state index in [9.17, 15) is 9.90 Å². The molecule has 0 aliphatic carbocycles. The van der Waals surface area contributed by atoms with Crippen molar-refractivity contribution in [3.8, 4) is 11.9 Å². The summed E-state index contributed by atoms with van der Waals surface area (Å²) < 4.78 is 1.33. The van der Waals surface area contributed by atoms with Crippen molar-refractivity contribution in [3.05, 3.63) is 27.5 Å².